The van der Waals surface area contributed by atoms with E-state index >= 15 is 0 Å². The lowest BCUT2D eigenvalue weighted by atomic mass is 10.2. The standard InChI is InChI=1S/C12H9BrFNO/c1-8-7-9(14)5-6-10(8)16-12-4-2-3-11(13)15-12/h2-7H,1H3. The highest BCUT2D eigenvalue weighted by Crippen LogP contribution is 2.24. The van der Waals surface area contributed by atoms with Crippen molar-refractivity contribution in [2.45, 2.75) is 6.92 Å². The van der Waals surface area contributed by atoms with Crippen LogP contribution < -0.4 is 4.74 Å². The first-order chi connectivity index (χ1) is 7.65. The van der Waals surface area contributed by atoms with E-state index in [9.17, 15) is 4.39 Å². The number of nitrogens with zero attached hydrogens (tertiary/aromatic N) is 1. The van der Waals surface area contributed by atoms with Crippen LogP contribution in [0.2, 0.25) is 0 Å². The summed E-state index contributed by atoms with van der Waals surface area (Å²) in [5.41, 5.74) is 0.738. The Morgan fingerprint density at radius 1 is 1.25 bits per heavy atom. The van der Waals surface area contributed by atoms with E-state index in [1.165, 1.54) is 12.1 Å². The van der Waals surface area contributed by atoms with Crippen LogP contribution in [0.1, 0.15) is 5.56 Å². The molecule has 1 aromatic heterocycles. The van der Waals surface area contributed by atoms with Crippen molar-refractivity contribution in [2.24, 2.45) is 0 Å². The zero-order chi connectivity index (χ0) is 11.5. The molecular weight excluding hydrogens is 273 g/mol. The van der Waals surface area contributed by atoms with Gasteiger partial charge in [0.05, 0.1) is 0 Å². The monoisotopic (exact) mass is 281 g/mol. The molecule has 1 aromatic carbocycles. The van der Waals surface area contributed by atoms with Crippen molar-refractivity contribution in [1.29, 1.82) is 0 Å². The van der Waals surface area contributed by atoms with E-state index in [0.29, 0.717) is 16.2 Å². The summed E-state index contributed by atoms with van der Waals surface area (Å²) in [4.78, 5) is 4.13. The lowest BCUT2D eigenvalue weighted by Gasteiger charge is -2.07. The molecule has 0 aliphatic carbocycles. The third-order valence-electron chi connectivity index (χ3n) is 2.04. The smallest absolute Gasteiger partial charge is 0.220 e. The zero-order valence-corrected chi connectivity index (χ0v) is 10.2. The molecule has 0 aliphatic rings. The van der Waals surface area contributed by atoms with Crippen molar-refractivity contribution in [3.8, 4) is 11.6 Å². The molecule has 1 heterocycles. The maximum Gasteiger partial charge on any atom is 0.220 e. The maximum atomic E-state index is 12.9. The summed E-state index contributed by atoms with van der Waals surface area (Å²) in [6.45, 7) is 1.79. The number of rotatable bonds is 2. The first kappa shape index (κ1) is 11.1. The van der Waals surface area contributed by atoms with Gasteiger partial charge < -0.3 is 4.74 Å². The maximum absolute atomic E-state index is 12.9. The lowest BCUT2D eigenvalue weighted by molar-refractivity contribution is 0.456. The molecule has 0 unspecified atom stereocenters. The Hall–Kier alpha value is -1.42. The molecular formula is C12H9BrFNO. The fourth-order valence-corrected chi connectivity index (χ4v) is 1.61. The highest BCUT2D eigenvalue weighted by atomic mass is 79.9. The summed E-state index contributed by atoms with van der Waals surface area (Å²) in [6.07, 6.45) is 0. The van der Waals surface area contributed by atoms with Crippen molar-refractivity contribution in [2.75, 3.05) is 0 Å². The van der Waals surface area contributed by atoms with Gasteiger partial charge in [0.2, 0.25) is 5.88 Å². The SMILES string of the molecule is Cc1cc(F)ccc1Oc1cccc(Br)n1. The molecule has 0 bridgehead atoms. The Labute approximate surface area is 101 Å². The largest absolute Gasteiger partial charge is 0.439 e. The molecule has 0 spiro atoms. The Bertz CT molecular complexity index is 516. The number of benzene rings is 1. The Balaban J connectivity index is 2.27. The third kappa shape index (κ3) is 2.58. The molecule has 0 fully saturated rings. The van der Waals surface area contributed by atoms with Crippen LogP contribution in [-0.2, 0) is 0 Å². The summed E-state index contributed by atoms with van der Waals surface area (Å²) in [7, 11) is 0. The molecule has 0 saturated carbocycles. The fraction of sp³-hybridized carbons (Fsp3) is 0.0833. The van der Waals surface area contributed by atoms with Crippen LogP contribution in [0.25, 0.3) is 0 Å². The number of halogens is 2. The number of pyridine rings is 1. The molecule has 2 aromatic rings. The molecule has 2 rings (SSSR count). The topological polar surface area (TPSA) is 22.1 Å². The van der Waals surface area contributed by atoms with Gasteiger partial charge in [0.1, 0.15) is 16.2 Å². The van der Waals surface area contributed by atoms with Gasteiger partial charge in [-0.25, -0.2) is 9.37 Å². The number of hydrogen-bond donors (Lipinski definition) is 0. The van der Waals surface area contributed by atoms with Gasteiger partial charge in [-0.05, 0) is 52.7 Å². The minimum absolute atomic E-state index is 0.271. The number of ether oxygens (including phenoxy) is 1. The molecule has 0 saturated heterocycles. The van der Waals surface area contributed by atoms with Crippen molar-refractivity contribution in [3.63, 3.8) is 0 Å². The minimum atomic E-state index is -0.271. The van der Waals surface area contributed by atoms with E-state index in [-0.39, 0.29) is 5.82 Å². The van der Waals surface area contributed by atoms with Gasteiger partial charge >= 0.3 is 0 Å². The average Bonchev–Trinajstić information content (AvgIpc) is 2.22. The summed E-state index contributed by atoms with van der Waals surface area (Å²) in [5.74, 6) is 0.808. The predicted octanol–water partition coefficient (Wildman–Crippen LogP) is 4.08. The molecule has 0 radical (unpaired) electrons. The van der Waals surface area contributed by atoms with Gasteiger partial charge in [-0.3, -0.25) is 0 Å². The quantitative estimate of drug-likeness (QED) is 0.774. The second kappa shape index (κ2) is 4.61. The predicted molar refractivity (Wildman–Crippen MR) is 63.1 cm³/mol. The van der Waals surface area contributed by atoms with E-state index in [1.807, 2.05) is 12.1 Å². The van der Waals surface area contributed by atoms with Crippen LogP contribution in [0.15, 0.2) is 41.0 Å². The van der Waals surface area contributed by atoms with Gasteiger partial charge in [-0.2, -0.15) is 0 Å². The third-order valence-corrected chi connectivity index (χ3v) is 2.48. The molecule has 0 atom stereocenters. The number of aryl methyl sites for hydroxylation is 1. The molecule has 0 N–H and O–H groups in total. The van der Waals surface area contributed by atoms with Gasteiger partial charge in [0.15, 0.2) is 0 Å². The Kier molecular flexibility index (Phi) is 3.19. The van der Waals surface area contributed by atoms with Crippen molar-refractivity contribution >= 4 is 15.9 Å². The molecule has 0 aliphatic heterocycles. The Morgan fingerprint density at radius 2 is 2.06 bits per heavy atom. The van der Waals surface area contributed by atoms with Crippen LogP contribution >= 0.6 is 15.9 Å². The zero-order valence-electron chi connectivity index (χ0n) is 8.58. The van der Waals surface area contributed by atoms with Crippen LogP contribution in [0.4, 0.5) is 4.39 Å². The van der Waals surface area contributed by atoms with Crippen molar-refractivity contribution in [1.82, 2.24) is 4.98 Å². The van der Waals surface area contributed by atoms with Crippen LogP contribution in [0.3, 0.4) is 0 Å². The molecule has 0 amide bonds. The van der Waals surface area contributed by atoms with Gasteiger partial charge in [0, 0.05) is 6.07 Å². The van der Waals surface area contributed by atoms with E-state index in [2.05, 4.69) is 20.9 Å². The molecule has 4 heteroatoms. The van der Waals surface area contributed by atoms with E-state index < -0.39 is 0 Å². The van der Waals surface area contributed by atoms with Crippen LogP contribution in [0, 0.1) is 12.7 Å². The summed E-state index contributed by atoms with van der Waals surface area (Å²) in [6, 6.07) is 9.75. The van der Waals surface area contributed by atoms with Gasteiger partial charge in [-0.1, -0.05) is 6.07 Å². The first-order valence-electron chi connectivity index (χ1n) is 4.72. The Morgan fingerprint density at radius 3 is 2.75 bits per heavy atom. The van der Waals surface area contributed by atoms with E-state index in [4.69, 9.17) is 4.74 Å². The molecule has 2 nitrogen and oxygen atoms in total. The highest BCUT2D eigenvalue weighted by molar-refractivity contribution is 9.10. The molecule has 16 heavy (non-hydrogen) atoms. The second-order valence-corrected chi connectivity index (χ2v) is 4.12. The highest BCUT2D eigenvalue weighted by Gasteiger charge is 2.03. The first-order valence-corrected chi connectivity index (χ1v) is 5.51. The van der Waals surface area contributed by atoms with Gasteiger partial charge in [-0.15, -0.1) is 0 Å². The lowest BCUT2D eigenvalue weighted by Crippen LogP contribution is -1.91. The van der Waals surface area contributed by atoms with E-state index in [0.717, 1.165) is 5.56 Å². The van der Waals surface area contributed by atoms with Crippen molar-refractivity contribution in [3.05, 3.63) is 52.4 Å². The summed E-state index contributed by atoms with van der Waals surface area (Å²) >= 11 is 3.25. The minimum Gasteiger partial charge on any atom is -0.439 e. The normalized spacial score (nSPS) is 10.2. The van der Waals surface area contributed by atoms with Crippen LogP contribution in [-0.4, -0.2) is 4.98 Å². The second-order valence-electron chi connectivity index (χ2n) is 3.31. The number of aromatic nitrogens is 1. The van der Waals surface area contributed by atoms with Crippen LogP contribution in [0.5, 0.6) is 11.6 Å². The van der Waals surface area contributed by atoms with E-state index in [1.54, 1.807) is 19.1 Å². The number of hydrogen-bond acceptors (Lipinski definition) is 2. The van der Waals surface area contributed by atoms with Crippen molar-refractivity contribution < 1.29 is 9.13 Å². The van der Waals surface area contributed by atoms with Gasteiger partial charge in [0.25, 0.3) is 0 Å². The fourth-order valence-electron chi connectivity index (χ4n) is 1.29. The summed E-state index contributed by atoms with van der Waals surface area (Å²) < 4.78 is 19.1. The summed E-state index contributed by atoms with van der Waals surface area (Å²) in [5, 5.41) is 0. The average molecular weight is 282 g/mol. The molecule has 82 valence electrons.